The lowest BCUT2D eigenvalue weighted by Crippen LogP contribution is -2.43. The zero-order valence-corrected chi connectivity index (χ0v) is 13.3. The number of nitrogens with zero attached hydrogens (tertiary/aromatic N) is 2. The molecule has 1 aromatic rings. The first-order valence-electron chi connectivity index (χ1n) is 6.73. The molecule has 0 amide bonds. The molecule has 0 radical (unpaired) electrons. The molecule has 0 bridgehead atoms. The van der Waals surface area contributed by atoms with Gasteiger partial charge in [0, 0.05) is 11.3 Å². The average molecular weight is 285 g/mol. The summed E-state index contributed by atoms with van der Waals surface area (Å²) < 4.78 is 5.40. The quantitative estimate of drug-likeness (QED) is 0.898. The predicted octanol–water partition coefficient (Wildman–Crippen LogP) is 3.50. The maximum Gasteiger partial charge on any atom is 0.170 e. The Morgan fingerprint density at radius 1 is 1.50 bits per heavy atom. The lowest BCUT2D eigenvalue weighted by Gasteiger charge is -2.31. The van der Waals surface area contributed by atoms with Crippen molar-refractivity contribution < 1.29 is 0 Å². The molecule has 5 heteroatoms. The third-order valence-corrected chi connectivity index (χ3v) is 5.88. The molecule has 2 unspecified atom stereocenters. The largest absolute Gasteiger partial charge is 0.312 e. The Morgan fingerprint density at radius 2 is 2.28 bits per heavy atom. The summed E-state index contributed by atoms with van der Waals surface area (Å²) in [6, 6.07) is 0.589. The van der Waals surface area contributed by atoms with Crippen molar-refractivity contribution in [2.45, 2.75) is 62.6 Å². The van der Waals surface area contributed by atoms with Crippen LogP contribution in [-0.2, 0) is 0 Å². The summed E-state index contributed by atoms with van der Waals surface area (Å²) in [6.45, 7) is 10.1. The van der Waals surface area contributed by atoms with Gasteiger partial charge in [0.15, 0.2) is 4.34 Å². The van der Waals surface area contributed by atoms with Crippen molar-refractivity contribution in [3.8, 4) is 0 Å². The monoisotopic (exact) mass is 285 g/mol. The van der Waals surface area contributed by atoms with Gasteiger partial charge >= 0.3 is 0 Å². The van der Waals surface area contributed by atoms with Crippen LogP contribution in [0, 0.1) is 12.3 Å². The van der Waals surface area contributed by atoms with Crippen LogP contribution >= 0.6 is 23.3 Å². The van der Waals surface area contributed by atoms with Gasteiger partial charge in [-0.15, -0.1) is 0 Å². The molecule has 1 N–H and O–H groups in total. The highest BCUT2D eigenvalue weighted by molar-refractivity contribution is 8.01. The van der Waals surface area contributed by atoms with E-state index in [0.717, 1.165) is 16.7 Å². The average Bonchev–Trinajstić information content (AvgIpc) is 2.82. The van der Waals surface area contributed by atoms with Crippen LogP contribution in [0.4, 0.5) is 0 Å². The van der Waals surface area contributed by atoms with Crippen molar-refractivity contribution in [1.29, 1.82) is 0 Å². The second-order valence-electron chi connectivity index (χ2n) is 5.72. The van der Waals surface area contributed by atoms with Crippen LogP contribution < -0.4 is 5.32 Å². The van der Waals surface area contributed by atoms with Gasteiger partial charge in [-0.1, -0.05) is 32.5 Å². The molecule has 1 fully saturated rings. The standard InChI is InChI=1S/C13H23N3S2/c1-5-8-14-11-10(6-7-13(11,3)4)17-12-15-9(2)16-18-12/h10-11,14H,5-8H2,1-4H3. The van der Waals surface area contributed by atoms with Gasteiger partial charge in [-0.05, 0) is 49.7 Å². The lowest BCUT2D eigenvalue weighted by atomic mass is 9.87. The Bertz CT molecular complexity index is 389. The minimum Gasteiger partial charge on any atom is -0.312 e. The van der Waals surface area contributed by atoms with Gasteiger partial charge in [-0.25, -0.2) is 4.98 Å². The zero-order chi connectivity index (χ0) is 13.2. The van der Waals surface area contributed by atoms with E-state index in [0.29, 0.717) is 16.7 Å². The second kappa shape index (κ2) is 5.88. The van der Waals surface area contributed by atoms with Gasteiger partial charge in [0.2, 0.25) is 0 Å². The van der Waals surface area contributed by atoms with Crippen molar-refractivity contribution in [2.75, 3.05) is 6.54 Å². The Hall–Kier alpha value is -0.130. The molecular formula is C13H23N3S2. The number of nitrogens with one attached hydrogen (secondary N) is 1. The highest BCUT2D eigenvalue weighted by atomic mass is 32.2. The fourth-order valence-electron chi connectivity index (χ4n) is 2.63. The van der Waals surface area contributed by atoms with E-state index in [9.17, 15) is 0 Å². The lowest BCUT2D eigenvalue weighted by molar-refractivity contribution is 0.287. The molecule has 0 spiro atoms. The zero-order valence-electron chi connectivity index (χ0n) is 11.7. The van der Waals surface area contributed by atoms with Gasteiger partial charge in [-0.2, -0.15) is 4.37 Å². The SMILES string of the molecule is CCCNC1C(Sc2nc(C)ns2)CCC1(C)C. The van der Waals surface area contributed by atoms with Crippen LogP contribution in [0.1, 0.15) is 45.9 Å². The Kier molecular flexibility index (Phi) is 4.67. The van der Waals surface area contributed by atoms with Crippen LogP contribution in [0.3, 0.4) is 0 Å². The van der Waals surface area contributed by atoms with Gasteiger partial charge in [0.1, 0.15) is 5.82 Å². The molecule has 0 aromatic carbocycles. The molecule has 1 aliphatic carbocycles. The number of aryl methyl sites for hydroxylation is 1. The Balaban J connectivity index is 2.02. The second-order valence-corrected chi connectivity index (χ2v) is 7.96. The van der Waals surface area contributed by atoms with E-state index in [1.807, 2.05) is 18.7 Å². The fraction of sp³-hybridized carbons (Fsp3) is 0.846. The van der Waals surface area contributed by atoms with Gasteiger partial charge in [0.25, 0.3) is 0 Å². The molecule has 2 atom stereocenters. The highest BCUT2D eigenvalue weighted by Gasteiger charge is 2.42. The van der Waals surface area contributed by atoms with Crippen LogP contribution in [0.2, 0.25) is 0 Å². The highest BCUT2D eigenvalue weighted by Crippen LogP contribution is 2.45. The molecular weight excluding hydrogens is 262 g/mol. The minimum absolute atomic E-state index is 0.395. The molecule has 1 aromatic heterocycles. The maximum absolute atomic E-state index is 4.48. The van der Waals surface area contributed by atoms with Gasteiger partial charge in [0.05, 0.1) is 0 Å². The summed E-state index contributed by atoms with van der Waals surface area (Å²) in [5.41, 5.74) is 0.395. The minimum atomic E-state index is 0.395. The van der Waals surface area contributed by atoms with E-state index in [1.165, 1.54) is 30.8 Å². The van der Waals surface area contributed by atoms with E-state index in [1.54, 1.807) is 0 Å². The molecule has 0 aliphatic heterocycles. The molecule has 102 valence electrons. The van der Waals surface area contributed by atoms with Crippen LogP contribution in [0.15, 0.2) is 4.34 Å². The predicted molar refractivity (Wildman–Crippen MR) is 79.4 cm³/mol. The third kappa shape index (κ3) is 3.25. The number of thioether (sulfide) groups is 1. The Morgan fingerprint density at radius 3 is 2.89 bits per heavy atom. The molecule has 1 heterocycles. The van der Waals surface area contributed by atoms with E-state index >= 15 is 0 Å². The number of rotatable bonds is 5. The number of hydrogen-bond acceptors (Lipinski definition) is 5. The summed E-state index contributed by atoms with van der Waals surface area (Å²) in [6.07, 6.45) is 3.77. The normalized spacial score (nSPS) is 26.7. The fourth-order valence-corrected chi connectivity index (χ4v) is 4.99. The van der Waals surface area contributed by atoms with E-state index in [2.05, 4.69) is 35.4 Å². The van der Waals surface area contributed by atoms with Crippen molar-refractivity contribution in [2.24, 2.45) is 5.41 Å². The van der Waals surface area contributed by atoms with Crippen molar-refractivity contribution in [1.82, 2.24) is 14.7 Å². The number of hydrogen-bond donors (Lipinski definition) is 1. The Labute approximate surface area is 118 Å². The van der Waals surface area contributed by atoms with E-state index < -0.39 is 0 Å². The molecule has 0 saturated heterocycles. The first-order chi connectivity index (χ1) is 8.53. The summed E-state index contributed by atoms with van der Waals surface area (Å²) in [5, 5.41) is 4.37. The first kappa shape index (κ1) is 14.3. The summed E-state index contributed by atoms with van der Waals surface area (Å²) in [4.78, 5) is 4.48. The topological polar surface area (TPSA) is 37.8 Å². The van der Waals surface area contributed by atoms with Crippen molar-refractivity contribution in [3.05, 3.63) is 5.82 Å². The van der Waals surface area contributed by atoms with Crippen LogP contribution in [0.5, 0.6) is 0 Å². The summed E-state index contributed by atoms with van der Waals surface area (Å²) in [7, 11) is 0. The maximum atomic E-state index is 4.48. The van der Waals surface area contributed by atoms with Gasteiger partial charge < -0.3 is 5.32 Å². The van der Waals surface area contributed by atoms with Crippen LogP contribution in [-0.4, -0.2) is 27.2 Å². The molecule has 3 nitrogen and oxygen atoms in total. The van der Waals surface area contributed by atoms with Gasteiger partial charge in [-0.3, -0.25) is 0 Å². The van der Waals surface area contributed by atoms with Crippen molar-refractivity contribution >= 4 is 23.3 Å². The number of aromatic nitrogens is 2. The molecule has 1 saturated carbocycles. The summed E-state index contributed by atoms with van der Waals surface area (Å²) >= 11 is 3.45. The first-order valence-corrected chi connectivity index (χ1v) is 8.38. The third-order valence-electron chi connectivity index (χ3n) is 3.66. The smallest absolute Gasteiger partial charge is 0.170 e. The van der Waals surface area contributed by atoms with Crippen LogP contribution in [0.25, 0.3) is 0 Å². The van der Waals surface area contributed by atoms with Crippen molar-refractivity contribution in [3.63, 3.8) is 0 Å². The molecule has 18 heavy (non-hydrogen) atoms. The van der Waals surface area contributed by atoms with E-state index in [-0.39, 0.29) is 0 Å². The molecule has 1 aliphatic rings. The molecule has 2 rings (SSSR count). The summed E-state index contributed by atoms with van der Waals surface area (Å²) in [5.74, 6) is 0.901. The van der Waals surface area contributed by atoms with E-state index in [4.69, 9.17) is 0 Å².